The fourth-order valence-corrected chi connectivity index (χ4v) is 3.57. The van der Waals surface area contributed by atoms with Crippen molar-refractivity contribution in [3.8, 4) is 11.4 Å². The first-order chi connectivity index (χ1) is 13.2. The van der Waals surface area contributed by atoms with E-state index in [1.54, 1.807) is 30.4 Å². The lowest BCUT2D eigenvalue weighted by Crippen LogP contribution is -2.27. The maximum Gasteiger partial charge on any atom is 0.193 e. The van der Waals surface area contributed by atoms with Crippen molar-refractivity contribution < 1.29 is 4.84 Å². The van der Waals surface area contributed by atoms with E-state index in [1.165, 1.54) is 0 Å². The molecular formula is C18H19N7OS. The average molecular weight is 381 g/mol. The molecule has 0 amide bonds. The smallest absolute Gasteiger partial charge is 0.193 e. The Morgan fingerprint density at radius 2 is 1.93 bits per heavy atom. The number of hydrogen-bond donors (Lipinski definition) is 1. The molecule has 1 aliphatic rings. The molecule has 0 aliphatic carbocycles. The van der Waals surface area contributed by atoms with Crippen LogP contribution in [0, 0.1) is 6.92 Å². The van der Waals surface area contributed by atoms with Crippen molar-refractivity contribution in [1.82, 2.24) is 35.3 Å². The van der Waals surface area contributed by atoms with Crippen LogP contribution in [0.1, 0.15) is 18.2 Å². The summed E-state index contributed by atoms with van der Waals surface area (Å²) in [4.78, 5) is 13.8. The highest BCUT2D eigenvalue weighted by molar-refractivity contribution is 7.99. The van der Waals surface area contributed by atoms with E-state index < -0.39 is 0 Å². The molecule has 3 aromatic heterocycles. The minimum Gasteiger partial charge on any atom is -0.387 e. The van der Waals surface area contributed by atoms with Crippen LogP contribution in [0.15, 0.2) is 54.2 Å². The van der Waals surface area contributed by atoms with Crippen molar-refractivity contribution in [2.24, 2.45) is 0 Å². The lowest BCUT2D eigenvalue weighted by atomic mass is 10.2. The van der Waals surface area contributed by atoms with E-state index in [1.807, 2.05) is 42.4 Å². The molecule has 0 saturated heterocycles. The van der Waals surface area contributed by atoms with Crippen LogP contribution in [0.3, 0.4) is 0 Å². The highest BCUT2D eigenvalue weighted by atomic mass is 32.2. The highest BCUT2D eigenvalue weighted by Crippen LogP contribution is 2.26. The van der Waals surface area contributed by atoms with Crippen molar-refractivity contribution in [2.45, 2.75) is 25.5 Å². The van der Waals surface area contributed by atoms with E-state index in [-0.39, 0.29) is 0 Å². The fraction of sp³-hybridized carbons (Fsp3) is 0.222. The standard InChI is InChI=1S/C18H19N7OS/c1-3-25-17(14-4-7-19-8-5-14)21-22-18(25)27-12-24-11-16(26-23-24)15-6-9-20-13(2)10-15/h4-11,23H,3,12H2,1-2H3. The molecule has 4 heterocycles. The van der Waals surface area contributed by atoms with Gasteiger partial charge in [-0.15, -0.1) is 10.2 Å². The molecule has 0 unspecified atom stereocenters. The molecular weight excluding hydrogens is 362 g/mol. The summed E-state index contributed by atoms with van der Waals surface area (Å²) in [5.74, 6) is 2.23. The van der Waals surface area contributed by atoms with E-state index in [0.29, 0.717) is 5.88 Å². The van der Waals surface area contributed by atoms with Crippen molar-refractivity contribution in [3.63, 3.8) is 0 Å². The van der Waals surface area contributed by atoms with Crippen molar-refractivity contribution in [1.29, 1.82) is 0 Å². The van der Waals surface area contributed by atoms with Crippen LogP contribution in [-0.4, -0.2) is 35.6 Å². The van der Waals surface area contributed by atoms with Crippen LogP contribution in [-0.2, 0) is 11.4 Å². The zero-order valence-corrected chi connectivity index (χ0v) is 15.8. The van der Waals surface area contributed by atoms with Gasteiger partial charge in [0.15, 0.2) is 16.7 Å². The van der Waals surface area contributed by atoms with Gasteiger partial charge < -0.3 is 9.40 Å². The number of pyridine rings is 2. The molecule has 4 rings (SSSR count). The molecule has 0 spiro atoms. The number of nitrogens with zero attached hydrogens (tertiary/aromatic N) is 6. The molecule has 0 bridgehead atoms. The Morgan fingerprint density at radius 1 is 1.11 bits per heavy atom. The van der Waals surface area contributed by atoms with E-state index in [9.17, 15) is 0 Å². The zero-order valence-electron chi connectivity index (χ0n) is 15.0. The summed E-state index contributed by atoms with van der Waals surface area (Å²) in [5, 5.41) is 11.4. The van der Waals surface area contributed by atoms with Gasteiger partial charge in [-0.3, -0.25) is 15.0 Å². The molecule has 138 valence electrons. The minimum absolute atomic E-state index is 0.627. The molecule has 9 heteroatoms. The fourth-order valence-electron chi connectivity index (χ4n) is 2.72. The first kappa shape index (κ1) is 17.5. The van der Waals surface area contributed by atoms with Gasteiger partial charge in [-0.1, -0.05) is 17.4 Å². The molecule has 0 aromatic carbocycles. The summed E-state index contributed by atoms with van der Waals surface area (Å²) in [6.45, 7) is 4.82. The summed E-state index contributed by atoms with van der Waals surface area (Å²) < 4.78 is 2.09. The third-order valence-corrected chi connectivity index (χ3v) is 5.00. The molecule has 0 atom stereocenters. The lowest BCUT2D eigenvalue weighted by molar-refractivity contribution is 0.0607. The Morgan fingerprint density at radius 3 is 2.70 bits per heavy atom. The summed E-state index contributed by atoms with van der Waals surface area (Å²) in [7, 11) is 0. The normalized spacial score (nSPS) is 13.6. The Kier molecular flexibility index (Phi) is 5.03. The molecule has 0 saturated carbocycles. The Balaban J connectivity index is 1.46. The van der Waals surface area contributed by atoms with Gasteiger partial charge in [0.1, 0.15) is 0 Å². The average Bonchev–Trinajstić information content (AvgIpc) is 3.34. The number of aryl methyl sites for hydroxylation is 1. The summed E-state index contributed by atoms with van der Waals surface area (Å²) in [6, 6.07) is 7.78. The second kappa shape index (κ2) is 7.77. The molecule has 0 fully saturated rings. The van der Waals surface area contributed by atoms with Gasteiger partial charge >= 0.3 is 0 Å². The second-order valence-electron chi connectivity index (χ2n) is 5.90. The third-order valence-electron chi connectivity index (χ3n) is 4.03. The Bertz CT molecular complexity index is 957. The van der Waals surface area contributed by atoms with Gasteiger partial charge in [0.05, 0.1) is 12.1 Å². The topological polar surface area (TPSA) is 81.0 Å². The number of hydrogen-bond acceptors (Lipinski definition) is 8. The van der Waals surface area contributed by atoms with Gasteiger partial charge in [-0.25, -0.2) is 0 Å². The summed E-state index contributed by atoms with van der Waals surface area (Å²) in [6.07, 6.45) is 7.22. The maximum atomic E-state index is 5.57. The SMILES string of the molecule is CCn1c(SCN2C=C(c3ccnc(C)c3)ON2)nnc1-c1ccncc1. The van der Waals surface area contributed by atoms with Crippen LogP contribution in [0.2, 0.25) is 0 Å². The molecule has 27 heavy (non-hydrogen) atoms. The van der Waals surface area contributed by atoms with E-state index in [0.717, 1.165) is 40.1 Å². The number of hydrazine groups is 1. The van der Waals surface area contributed by atoms with E-state index in [4.69, 9.17) is 4.84 Å². The predicted molar refractivity (Wildman–Crippen MR) is 103 cm³/mol. The van der Waals surface area contributed by atoms with Gasteiger partial charge in [-0.2, -0.15) is 0 Å². The Labute approximate surface area is 161 Å². The molecule has 1 N–H and O–H groups in total. The third kappa shape index (κ3) is 3.79. The second-order valence-corrected chi connectivity index (χ2v) is 6.81. The van der Waals surface area contributed by atoms with Crippen LogP contribution in [0.5, 0.6) is 0 Å². The Hall–Kier alpha value is -2.91. The molecule has 1 aliphatic heterocycles. The minimum atomic E-state index is 0.627. The van der Waals surface area contributed by atoms with Crippen LogP contribution in [0.25, 0.3) is 17.1 Å². The molecule has 0 radical (unpaired) electrons. The number of aromatic nitrogens is 5. The maximum absolute atomic E-state index is 5.57. The van der Waals surface area contributed by atoms with Gasteiger partial charge in [0.25, 0.3) is 0 Å². The van der Waals surface area contributed by atoms with Crippen molar-refractivity contribution in [3.05, 3.63) is 60.3 Å². The number of nitrogens with one attached hydrogen (secondary N) is 1. The summed E-state index contributed by atoms with van der Waals surface area (Å²) in [5.41, 5.74) is 5.84. The van der Waals surface area contributed by atoms with E-state index >= 15 is 0 Å². The molecule has 3 aromatic rings. The first-order valence-electron chi connectivity index (χ1n) is 8.55. The van der Waals surface area contributed by atoms with Crippen molar-refractivity contribution in [2.75, 3.05) is 5.88 Å². The number of rotatable bonds is 6. The van der Waals surface area contributed by atoms with Crippen molar-refractivity contribution >= 4 is 17.5 Å². The zero-order chi connectivity index (χ0) is 18.6. The number of thioether (sulfide) groups is 1. The monoisotopic (exact) mass is 381 g/mol. The first-order valence-corrected chi connectivity index (χ1v) is 9.53. The van der Waals surface area contributed by atoms with Gasteiger partial charge in [-0.05, 0) is 38.1 Å². The van der Waals surface area contributed by atoms with Crippen LogP contribution >= 0.6 is 11.8 Å². The van der Waals surface area contributed by atoms with Gasteiger partial charge in [0, 0.05) is 42.0 Å². The lowest BCUT2D eigenvalue weighted by Gasteiger charge is -2.13. The van der Waals surface area contributed by atoms with Crippen LogP contribution in [0.4, 0.5) is 0 Å². The highest BCUT2D eigenvalue weighted by Gasteiger charge is 2.18. The summed E-state index contributed by atoms with van der Waals surface area (Å²) >= 11 is 1.58. The molecule has 8 nitrogen and oxygen atoms in total. The predicted octanol–water partition coefficient (Wildman–Crippen LogP) is 2.86. The van der Waals surface area contributed by atoms with Crippen LogP contribution < -0.4 is 5.59 Å². The quantitative estimate of drug-likeness (QED) is 0.653. The largest absolute Gasteiger partial charge is 0.387 e. The van der Waals surface area contributed by atoms with E-state index in [2.05, 4.69) is 37.2 Å². The van der Waals surface area contributed by atoms with Gasteiger partial charge in [0.2, 0.25) is 0 Å².